The van der Waals surface area contributed by atoms with Crippen molar-refractivity contribution in [1.29, 1.82) is 0 Å². The molecule has 4 N–H and O–H groups in total. The van der Waals surface area contributed by atoms with E-state index in [1.54, 1.807) is 13.2 Å². The van der Waals surface area contributed by atoms with E-state index in [0.29, 0.717) is 36.7 Å². The molecular formula is C22H30N6O2. The van der Waals surface area contributed by atoms with Gasteiger partial charge in [-0.2, -0.15) is 0 Å². The molecule has 1 atom stereocenters. The van der Waals surface area contributed by atoms with Crippen molar-refractivity contribution in [3.05, 3.63) is 51.3 Å². The second-order valence-electron chi connectivity index (χ2n) is 7.66. The SMILES string of the molecule is CCCC/C(=C\c1cnc(N)cc1C)CNC(=O)C1CCc2ncc(NC)c(=O)n21. The molecular weight excluding hydrogens is 380 g/mol. The number of nitrogens with zero attached hydrogens (tertiary/aromatic N) is 3. The zero-order valence-electron chi connectivity index (χ0n) is 17.9. The molecule has 0 bridgehead atoms. The molecule has 8 nitrogen and oxygen atoms in total. The second-order valence-corrected chi connectivity index (χ2v) is 7.66. The van der Waals surface area contributed by atoms with Gasteiger partial charge in [0.1, 0.15) is 23.4 Å². The summed E-state index contributed by atoms with van der Waals surface area (Å²) in [4.78, 5) is 34.1. The number of pyridine rings is 1. The van der Waals surface area contributed by atoms with Gasteiger partial charge in [-0.3, -0.25) is 14.2 Å². The Morgan fingerprint density at radius 1 is 1.37 bits per heavy atom. The average molecular weight is 411 g/mol. The molecule has 0 saturated heterocycles. The summed E-state index contributed by atoms with van der Waals surface area (Å²) >= 11 is 0. The van der Waals surface area contributed by atoms with Crippen LogP contribution in [0, 0.1) is 6.92 Å². The molecule has 0 aromatic carbocycles. The van der Waals surface area contributed by atoms with Crippen LogP contribution in [0.5, 0.6) is 0 Å². The lowest BCUT2D eigenvalue weighted by molar-refractivity contribution is -0.124. The fraction of sp³-hybridized carbons (Fsp3) is 0.455. The highest BCUT2D eigenvalue weighted by Gasteiger charge is 2.30. The van der Waals surface area contributed by atoms with Crippen molar-refractivity contribution in [2.24, 2.45) is 0 Å². The molecule has 2 aromatic heterocycles. The lowest BCUT2D eigenvalue weighted by Gasteiger charge is -2.16. The number of aromatic nitrogens is 3. The van der Waals surface area contributed by atoms with Gasteiger partial charge in [0, 0.05) is 26.2 Å². The maximum Gasteiger partial charge on any atom is 0.277 e. The first-order valence-corrected chi connectivity index (χ1v) is 10.4. The number of nitrogen functional groups attached to an aromatic ring is 1. The van der Waals surface area contributed by atoms with Gasteiger partial charge in [0.2, 0.25) is 5.91 Å². The van der Waals surface area contributed by atoms with Gasteiger partial charge in [0.15, 0.2) is 0 Å². The summed E-state index contributed by atoms with van der Waals surface area (Å²) < 4.78 is 1.52. The van der Waals surface area contributed by atoms with E-state index in [2.05, 4.69) is 33.6 Å². The fourth-order valence-corrected chi connectivity index (χ4v) is 3.72. The monoisotopic (exact) mass is 410 g/mol. The summed E-state index contributed by atoms with van der Waals surface area (Å²) in [5.74, 6) is 0.998. The van der Waals surface area contributed by atoms with E-state index in [4.69, 9.17) is 5.73 Å². The standard InChI is InChI=1S/C22H30N6O2/c1-4-5-6-15(10-16-12-25-19(23)9-14(16)2)11-27-21(29)18-7-8-20-26-13-17(24-3)22(30)28(18)20/h9-10,12-13,18,24H,4-8,11H2,1-3H3,(H2,23,25)(H,27,29)/b15-10+. The zero-order chi connectivity index (χ0) is 21.7. The minimum atomic E-state index is -0.527. The van der Waals surface area contributed by atoms with Crippen molar-refractivity contribution >= 4 is 23.5 Å². The summed E-state index contributed by atoms with van der Waals surface area (Å²) in [7, 11) is 1.67. The first-order valence-electron chi connectivity index (χ1n) is 10.4. The van der Waals surface area contributed by atoms with Crippen LogP contribution in [0.2, 0.25) is 0 Å². The van der Waals surface area contributed by atoms with Crippen LogP contribution < -0.4 is 21.9 Å². The van der Waals surface area contributed by atoms with E-state index in [1.807, 2.05) is 13.0 Å². The molecule has 1 aliphatic heterocycles. The topological polar surface area (TPSA) is 115 Å². The Labute approximate surface area is 176 Å². The molecule has 1 unspecified atom stereocenters. The van der Waals surface area contributed by atoms with Crippen LogP contribution in [0.25, 0.3) is 6.08 Å². The number of amides is 1. The molecule has 2 aromatic rings. The molecule has 3 rings (SSSR count). The highest BCUT2D eigenvalue weighted by molar-refractivity contribution is 5.81. The predicted molar refractivity (Wildman–Crippen MR) is 119 cm³/mol. The molecule has 3 heterocycles. The first kappa shape index (κ1) is 21.5. The number of nitrogens with one attached hydrogen (secondary N) is 2. The van der Waals surface area contributed by atoms with Gasteiger partial charge in [-0.1, -0.05) is 25.0 Å². The number of fused-ring (bicyclic) bond motifs is 1. The molecule has 1 amide bonds. The Hall–Kier alpha value is -3.16. The number of unbranched alkanes of at least 4 members (excludes halogenated alkanes) is 1. The number of hydrogen-bond acceptors (Lipinski definition) is 6. The summed E-state index contributed by atoms with van der Waals surface area (Å²) in [5.41, 5.74) is 9.11. The van der Waals surface area contributed by atoms with Crippen molar-refractivity contribution in [1.82, 2.24) is 19.9 Å². The largest absolute Gasteiger partial charge is 0.384 e. The minimum absolute atomic E-state index is 0.152. The zero-order valence-corrected chi connectivity index (χ0v) is 17.9. The molecule has 0 spiro atoms. The van der Waals surface area contributed by atoms with Crippen LogP contribution in [-0.2, 0) is 11.2 Å². The van der Waals surface area contributed by atoms with E-state index in [1.165, 1.54) is 10.8 Å². The summed E-state index contributed by atoms with van der Waals surface area (Å²) in [5, 5.41) is 5.87. The van der Waals surface area contributed by atoms with Gasteiger partial charge >= 0.3 is 0 Å². The lowest BCUT2D eigenvalue weighted by atomic mass is 10.0. The van der Waals surface area contributed by atoms with Crippen molar-refractivity contribution in [2.75, 3.05) is 24.6 Å². The van der Waals surface area contributed by atoms with Crippen molar-refractivity contribution < 1.29 is 4.79 Å². The van der Waals surface area contributed by atoms with E-state index >= 15 is 0 Å². The maximum absolute atomic E-state index is 12.9. The summed E-state index contributed by atoms with van der Waals surface area (Å²) in [6, 6.07) is 1.32. The molecule has 0 radical (unpaired) electrons. The van der Waals surface area contributed by atoms with Crippen LogP contribution >= 0.6 is 0 Å². The Kier molecular flexibility index (Phi) is 6.87. The van der Waals surface area contributed by atoms with Crippen LogP contribution in [-0.4, -0.2) is 34.0 Å². The number of nitrogens with two attached hydrogens (primary N) is 1. The maximum atomic E-state index is 12.9. The predicted octanol–water partition coefficient (Wildman–Crippen LogP) is 2.45. The third kappa shape index (κ3) is 4.69. The number of carbonyl (C=O) groups is 1. The van der Waals surface area contributed by atoms with Crippen LogP contribution in [0.4, 0.5) is 11.5 Å². The van der Waals surface area contributed by atoms with Gasteiger partial charge in [-0.15, -0.1) is 0 Å². The number of hydrogen-bond donors (Lipinski definition) is 3. The molecule has 0 aliphatic carbocycles. The van der Waals surface area contributed by atoms with Crippen molar-refractivity contribution in [3.8, 4) is 0 Å². The summed E-state index contributed by atoms with van der Waals surface area (Å²) in [6.45, 7) is 4.57. The third-order valence-electron chi connectivity index (χ3n) is 5.47. The highest BCUT2D eigenvalue weighted by atomic mass is 16.2. The second kappa shape index (κ2) is 9.56. The van der Waals surface area contributed by atoms with Crippen LogP contribution in [0.1, 0.15) is 55.6 Å². The number of carbonyl (C=O) groups excluding carboxylic acids is 1. The first-order chi connectivity index (χ1) is 14.4. The smallest absolute Gasteiger partial charge is 0.277 e. The van der Waals surface area contributed by atoms with Crippen LogP contribution in [0.15, 0.2) is 28.8 Å². The number of rotatable bonds is 8. The molecule has 1 aliphatic rings. The van der Waals surface area contributed by atoms with E-state index < -0.39 is 6.04 Å². The van der Waals surface area contributed by atoms with Crippen LogP contribution in [0.3, 0.4) is 0 Å². The Balaban J connectivity index is 1.76. The Morgan fingerprint density at radius 3 is 2.87 bits per heavy atom. The van der Waals surface area contributed by atoms with E-state index in [-0.39, 0.29) is 11.5 Å². The Morgan fingerprint density at radius 2 is 2.17 bits per heavy atom. The fourth-order valence-electron chi connectivity index (χ4n) is 3.72. The number of anilines is 2. The summed E-state index contributed by atoms with van der Waals surface area (Å²) in [6.07, 6.45) is 9.54. The lowest BCUT2D eigenvalue weighted by Crippen LogP contribution is -2.37. The van der Waals surface area contributed by atoms with Gasteiger partial charge in [-0.25, -0.2) is 9.97 Å². The average Bonchev–Trinajstić information content (AvgIpc) is 3.17. The van der Waals surface area contributed by atoms with E-state index in [0.717, 1.165) is 36.0 Å². The van der Waals surface area contributed by atoms with Gasteiger partial charge in [0.05, 0.1) is 6.20 Å². The third-order valence-corrected chi connectivity index (χ3v) is 5.47. The normalized spacial score (nSPS) is 15.7. The molecule has 0 fully saturated rings. The van der Waals surface area contributed by atoms with Gasteiger partial charge in [0.25, 0.3) is 5.56 Å². The highest BCUT2D eigenvalue weighted by Crippen LogP contribution is 2.23. The van der Waals surface area contributed by atoms with Crippen molar-refractivity contribution in [3.63, 3.8) is 0 Å². The Bertz CT molecular complexity index is 1010. The number of aryl methyl sites for hydroxylation is 2. The molecule has 0 saturated carbocycles. The van der Waals surface area contributed by atoms with Gasteiger partial charge < -0.3 is 16.4 Å². The molecule has 30 heavy (non-hydrogen) atoms. The molecule has 160 valence electrons. The van der Waals surface area contributed by atoms with E-state index in [9.17, 15) is 9.59 Å². The van der Waals surface area contributed by atoms with Gasteiger partial charge in [-0.05, 0) is 43.4 Å². The minimum Gasteiger partial charge on any atom is -0.384 e. The van der Waals surface area contributed by atoms with Crippen molar-refractivity contribution in [2.45, 2.75) is 52.0 Å². The quantitative estimate of drug-likeness (QED) is 0.616. The molecule has 8 heteroatoms.